The lowest BCUT2D eigenvalue weighted by atomic mass is 9.80. The first-order valence-corrected chi connectivity index (χ1v) is 4.96. The van der Waals surface area contributed by atoms with Crippen molar-refractivity contribution in [3.63, 3.8) is 0 Å². The smallest absolute Gasteiger partial charge is 0.158 e. The lowest BCUT2D eigenvalue weighted by molar-refractivity contribution is -0.120. The van der Waals surface area contributed by atoms with Gasteiger partial charge in [-0.15, -0.1) is 0 Å². The van der Waals surface area contributed by atoms with Gasteiger partial charge in [-0.05, 0) is 24.8 Å². The summed E-state index contributed by atoms with van der Waals surface area (Å²) in [5, 5.41) is 0. The van der Waals surface area contributed by atoms with Gasteiger partial charge in [0.25, 0.3) is 0 Å². The van der Waals surface area contributed by atoms with Crippen molar-refractivity contribution in [1.82, 2.24) is 0 Å². The van der Waals surface area contributed by atoms with E-state index in [1.807, 2.05) is 6.08 Å². The molecule has 1 rings (SSSR count). The minimum Gasteiger partial charge on any atom is -0.295 e. The van der Waals surface area contributed by atoms with Crippen molar-refractivity contribution in [2.75, 3.05) is 0 Å². The standard InChI is InChI=1S/C11H18O/c1-3-4-7-10-9(2)6-5-8-11(10)12/h5,8-10H,3-4,6-7H2,1-2H3/t9-,10?/m0/s1. The Kier molecular flexibility index (Phi) is 3.51. The molecular weight excluding hydrogens is 148 g/mol. The molecule has 0 fully saturated rings. The van der Waals surface area contributed by atoms with Crippen LogP contribution in [0.2, 0.25) is 0 Å². The summed E-state index contributed by atoms with van der Waals surface area (Å²) in [6, 6.07) is 0. The monoisotopic (exact) mass is 166 g/mol. The van der Waals surface area contributed by atoms with E-state index in [9.17, 15) is 4.79 Å². The van der Waals surface area contributed by atoms with Gasteiger partial charge in [-0.1, -0.05) is 32.8 Å². The van der Waals surface area contributed by atoms with Crippen molar-refractivity contribution in [1.29, 1.82) is 0 Å². The van der Waals surface area contributed by atoms with Crippen LogP contribution in [0.1, 0.15) is 39.5 Å². The highest BCUT2D eigenvalue weighted by Crippen LogP contribution is 2.26. The van der Waals surface area contributed by atoms with Crippen LogP contribution in [0.25, 0.3) is 0 Å². The molecule has 1 unspecified atom stereocenters. The molecule has 1 aliphatic carbocycles. The predicted molar refractivity (Wildman–Crippen MR) is 50.9 cm³/mol. The molecule has 0 bridgehead atoms. The summed E-state index contributed by atoms with van der Waals surface area (Å²) < 4.78 is 0. The van der Waals surface area contributed by atoms with Crippen molar-refractivity contribution < 1.29 is 4.79 Å². The lowest BCUT2D eigenvalue weighted by Gasteiger charge is -2.23. The normalized spacial score (nSPS) is 29.3. The summed E-state index contributed by atoms with van der Waals surface area (Å²) >= 11 is 0. The van der Waals surface area contributed by atoms with Gasteiger partial charge < -0.3 is 0 Å². The molecule has 0 heterocycles. The van der Waals surface area contributed by atoms with Crippen molar-refractivity contribution >= 4 is 5.78 Å². The van der Waals surface area contributed by atoms with Crippen LogP contribution in [0.15, 0.2) is 12.2 Å². The number of hydrogen-bond acceptors (Lipinski definition) is 1. The molecule has 1 nitrogen and oxygen atoms in total. The molecule has 0 aliphatic heterocycles. The first-order valence-electron chi connectivity index (χ1n) is 4.96. The zero-order valence-electron chi connectivity index (χ0n) is 8.05. The second-order valence-electron chi connectivity index (χ2n) is 3.77. The first-order chi connectivity index (χ1) is 5.75. The average Bonchev–Trinajstić information content (AvgIpc) is 2.04. The van der Waals surface area contributed by atoms with Crippen molar-refractivity contribution in [3.05, 3.63) is 12.2 Å². The van der Waals surface area contributed by atoms with Crippen LogP contribution < -0.4 is 0 Å². The Labute approximate surface area is 74.9 Å². The summed E-state index contributed by atoms with van der Waals surface area (Å²) in [6.07, 6.45) is 8.32. The Morgan fingerprint density at radius 1 is 1.58 bits per heavy atom. The molecule has 68 valence electrons. The van der Waals surface area contributed by atoms with Gasteiger partial charge in [-0.3, -0.25) is 4.79 Å². The molecule has 0 radical (unpaired) electrons. The van der Waals surface area contributed by atoms with Gasteiger partial charge >= 0.3 is 0 Å². The first kappa shape index (κ1) is 9.50. The quantitative estimate of drug-likeness (QED) is 0.630. The Morgan fingerprint density at radius 3 is 2.92 bits per heavy atom. The van der Waals surface area contributed by atoms with Gasteiger partial charge in [0.05, 0.1) is 0 Å². The van der Waals surface area contributed by atoms with E-state index in [1.54, 1.807) is 6.08 Å². The number of rotatable bonds is 3. The van der Waals surface area contributed by atoms with Gasteiger partial charge in [0.2, 0.25) is 0 Å². The van der Waals surface area contributed by atoms with Crippen LogP contribution in [-0.4, -0.2) is 5.78 Å². The summed E-state index contributed by atoms with van der Waals surface area (Å²) in [5.74, 6) is 1.23. The van der Waals surface area contributed by atoms with E-state index < -0.39 is 0 Å². The molecule has 12 heavy (non-hydrogen) atoms. The molecule has 1 aliphatic rings. The Bertz CT molecular complexity index is 181. The van der Waals surface area contributed by atoms with E-state index in [0.29, 0.717) is 17.6 Å². The number of ketones is 1. The Hall–Kier alpha value is -0.590. The highest BCUT2D eigenvalue weighted by molar-refractivity contribution is 5.92. The summed E-state index contributed by atoms with van der Waals surface area (Å²) in [7, 11) is 0. The van der Waals surface area contributed by atoms with Crippen LogP contribution >= 0.6 is 0 Å². The fourth-order valence-electron chi connectivity index (χ4n) is 1.82. The molecule has 0 aromatic heterocycles. The molecule has 1 heteroatoms. The fourth-order valence-corrected chi connectivity index (χ4v) is 1.82. The van der Waals surface area contributed by atoms with E-state index in [1.165, 1.54) is 12.8 Å². The van der Waals surface area contributed by atoms with E-state index in [4.69, 9.17) is 0 Å². The average molecular weight is 166 g/mol. The maximum absolute atomic E-state index is 11.4. The highest BCUT2D eigenvalue weighted by Gasteiger charge is 2.24. The van der Waals surface area contributed by atoms with Crippen LogP contribution in [0.3, 0.4) is 0 Å². The van der Waals surface area contributed by atoms with E-state index in [0.717, 1.165) is 12.8 Å². The summed E-state index contributed by atoms with van der Waals surface area (Å²) in [5.41, 5.74) is 0. The second-order valence-corrected chi connectivity index (χ2v) is 3.77. The van der Waals surface area contributed by atoms with E-state index >= 15 is 0 Å². The zero-order valence-corrected chi connectivity index (χ0v) is 8.05. The molecule has 0 aromatic rings. The van der Waals surface area contributed by atoms with Crippen molar-refractivity contribution in [2.24, 2.45) is 11.8 Å². The Balaban J connectivity index is 2.48. The second kappa shape index (κ2) is 4.44. The third kappa shape index (κ3) is 2.20. The van der Waals surface area contributed by atoms with Crippen molar-refractivity contribution in [3.8, 4) is 0 Å². The largest absolute Gasteiger partial charge is 0.295 e. The van der Waals surface area contributed by atoms with Crippen LogP contribution in [-0.2, 0) is 4.79 Å². The fraction of sp³-hybridized carbons (Fsp3) is 0.727. The SMILES string of the molecule is CCCCC1C(=O)C=CC[C@@H]1C. The minimum absolute atomic E-state index is 0.315. The number of hydrogen-bond donors (Lipinski definition) is 0. The van der Waals surface area contributed by atoms with Crippen LogP contribution in [0.4, 0.5) is 0 Å². The molecule has 0 saturated carbocycles. The molecule has 0 aromatic carbocycles. The molecule has 0 N–H and O–H groups in total. The minimum atomic E-state index is 0.315. The van der Waals surface area contributed by atoms with Gasteiger partial charge in [-0.25, -0.2) is 0 Å². The molecule has 0 saturated heterocycles. The van der Waals surface area contributed by atoms with Crippen molar-refractivity contribution in [2.45, 2.75) is 39.5 Å². The molecule has 0 amide bonds. The maximum Gasteiger partial charge on any atom is 0.158 e. The molecule has 0 spiro atoms. The highest BCUT2D eigenvalue weighted by atomic mass is 16.1. The third-order valence-electron chi connectivity index (χ3n) is 2.71. The topological polar surface area (TPSA) is 17.1 Å². The van der Waals surface area contributed by atoms with Crippen LogP contribution in [0.5, 0.6) is 0 Å². The number of unbranched alkanes of at least 4 members (excludes halogenated alkanes) is 1. The summed E-state index contributed by atoms with van der Waals surface area (Å²) in [6.45, 7) is 4.36. The number of carbonyl (C=O) groups is 1. The molecule has 2 atom stereocenters. The molecular formula is C11H18O. The van der Waals surface area contributed by atoms with E-state index in [2.05, 4.69) is 13.8 Å². The zero-order chi connectivity index (χ0) is 8.97. The van der Waals surface area contributed by atoms with E-state index in [-0.39, 0.29) is 0 Å². The van der Waals surface area contributed by atoms with Gasteiger partial charge in [0, 0.05) is 5.92 Å². The number of carbonyl (C=O) groups excluding carboxylic acids is 1. The van der Waals surface area contributed by atoms with Gasteiger partial charge in [-0.2, -0.15) is 0 Å². The van der Waals surface area contributed by atoms with Gasteiger partial charge in [0.15, 0.2) is 5.78 Å². The maximum atomic E-state index is 11.4. The van der Waals surface area contributed by atoms with Crippen LogP contribution in [0, 0.1) is 11.8 Å². The summed E-state index contributed by atoms with van der Waals surface area (Å²) in [4.78, 5) is 11.4. The van der Waals surface area contributed by atoms with Gasteiger partial charge in [0.1, 0.15) is 0 Å². The third-order valence-corrected chi connectivity index (χ3v) is 2.71. The lowest BCUT2D eigenvalue weighted by Crippen LogP contribution is -2.23. The predicted octanol–water partition coefficient (Wildman–Crippen LogP) is 2.96. The Morgan fingerprint density at radius 2 is 2.33 bits per heavy atom. The number of allylic oxidation sites excluding steroid dienone is 2.